The molecular weight excluding hydrogens is 440 g/mol. The van der Waals surface area contributed by atoms with Crippen LogP contribution in [0.5, 0.6) is 11.5 Å². The highest BCUT2D eigenvalue weighted by atomic mass is 32.1. The number of esters is 2. The highest BCUT2D eigenvalue weighted by molar-refractivity contribution is 7.80. The van der Waals surface area contributed by atoms with Crippen LogP contribution in [-0.4, -0.2) is 53.2 Å². The molecule has 0 amide bonds. The molecule has 32 heavy (non-hydrogen) atoms. The smallest absolute Gasteiger partial charge is 0.382 e. The number of benzene rings is 1. The number of carboxylic acid groups (broad SMARTS) is 1. The van der Waals surface area contributed by atoms with Crippen molar-refractivity contribution >= 4 is 40.9 Å². The minimum absolute atomic E-state index is 0.00835. The number of hydrogen-bond acceptors (Lipinski definition) is 9. The Labute approximate surface area is 190 Å². The number of hydrogen-bond donors (Lipinski definition) is 3. The summed E-state index contributed by atoms with van der Waals surface area (Å²) in [6.45, 7) is 0.432. The van der Waals surface area contributed by atoms with Crippen LogP contribution in [0.3, 0.4) is 0 Å². The molecule has 1 aliphatic rings. The molecule has 0 heterocycles. The van der Waals surface area contributed by atoms with Gasteiger partial charge in [0, 0.05) is 12.8 Å². The van der Waals surface area contributed by atoms with Crippen LogP contribution >= 0.6 is 12.2 Å². The number of carboxylic acids is 1. The molecule has 0 aliphatic heterocycles. The van der Waals surface area contributed by atoms with E-state index in [0.29, 0.717) is 30.7 Å². The van der Waals surface area contributed by atoms with Crippen molar-refractivity contribution < 1.29 is 38.5 Å². The molecule has 2 rings (SSSR count). The first-order valence-electron chi connectivity index (χ1n) is 9.98. The molecule has 1 aromatic rings. The van der Waals surface area contributed by atoms with Crippen molar-refractivity contribution in [1.82, 2.24) is 5.32 Å². The summed E-state index contributed by atoms with van der Waals surface area (Å²) in [5, 5.41) is 11.3. The third-order valence-electron chi connectivity index (χ3n) is 5.25. The number of aliphatic carboxylic acids is 1. The minimum Gasteiger partial charge on any atom is -0.479 e. The number of carbonyl (C=O) groups is 4. The Morgan fingerprint density at radius 1 is 1.12 bits per heavy atom. The first kappa shape index (κ1) is 25.2. The van der Waals surface area contributed by atoms with E-state index in [9.17, 15) is 19.2 Å². The predicted octanol–water partition coefficient (Wildman–Crippen LogP) is 1.20. The van der Waals surface area contributed by atoms with Gasteiger partial charge in [-0.05, 0) is 44.9 Å². The summed E-state index contributed by atoms with van der Waals surface area (Å²) >= 11 is 4.99. The second kappa shape index (κ2) is 11.0. The molecule has 10 nitrogen and oxygen atoms in total. The van der Waals surface area contributed by atoms with E-state index in [1.54, 1.807) is 12.1 Å². The average Bonchev–Trinajstić information content (AvgIpc) is 2.76. The SMILES string of the molecule is CNC(Oc1ccccc1OCC(=O)O)(C(C)=O)C(=O)OC(=O)[C@H]1CC[C@H](C(N)=S)CC1. The molecule has 0 saturated heterocycles. The second-order valence-corrected chi connectivity index (χ2v) is 7.85. The van der Waals surface area contributed by atoms with Gasteiger partial charge in [0.15, 0.2) is 23.9 Å². The number of carbonyl (C=O) groups excluding carboxylic acids is 3. The molecule has 174 valence electrons. The van der Waals surface area contributed by atoms with Crippen molar-refractivity contribution in [3.8, 4) is 11.5 Å². The zero-order valence-electron chi connectivity index (χ0n) is 17.8. The number of ether oxygens (including phenoxy) is 3. The molecule has 11 heteroatoms. The highest BCUT2D eigenvalue weighted by Gasteiger charge is 2.49. The van der Waals surface area contributed by atoms with E-state index in [4.69, 9.17) is 37.3 Å². The molecule has 0 aromatic heterocycles. The maximum Gasteiger partial charge on any atom is 0.382 e. The van der Waals surface area contributed by atoms with Crippen LogP contribution in [0.25, 0.3) is 0 Å². The number of rotatable bonds is 10. The molecule has 1 fully saturated rings. The summed E-state index contributed by atoms with van der Waals surface area (Å²) in [5.74, 6) is -4.57. The Morgan fingerprint density at radius 2 is 1.69 bits per heavy atom. The Morgan fingerprint density at radius 3 is 2.19 bits per heavy atom. The van der Waals surface area contributed by atoms with Crippen molar-refractivity contribution in [3.05, 3.63) is 24.3 Å². The van der Waals surface area contributed by atoms with Gasteiger partial charge in [-0.25, -0.2) is 9.59 Å². The van der Waals surface area contributed by atoms with Crippen LogP contribution in [0.2, 0.25) is 0 Å². The van der Waals surface area contributed by atoms with Crippen molar-refractivity contribution in [3.63, 3.8) is 0 Å². The summed E-state index contributed by atoms with van der Waals surface area (Å²) in [6.07, 6.45) is 2.12. The van der Waals surface area contributed by atoms with E-state index in [1.165, 1.54) is 19.2 Å². The van der Waals surface area contributed by atoms with E-state index in [1.807, 2.05) is 0 Å². The van der Waals surface area contributed by atoms with E-state index in [-0.39, 0.29) is 17.4 Å². The summed E-state index contributed by atoms with van der Waals surface area (Å²) < 4.78 is 15.8. The van der Waals surface area contributed by atoms with Crippen LogP contribution in [0.15, 0.2) is 24.3 Å². The Kier molecular flexibility index (Phi) is 8.67. The first-order valence-corrected chi connectivity index (χ1v) is 10.4. The van der Waals surface area contributed by atoms with Crippen molar-refractivity contribution in [1.29, 1.82) is 0 Å². The molecule has 0 bridgehead atoms. The average molecular weight is 467 g/mol. The molecule has 1 unspecified atom stereocenters. The number of para-hydroxylation sites is 2. The molecular formula is C21H26N2O8S. The van der Waals surface area contributed by atoms with Gasteiger partial charge < -0.3 is 25.1 Å². The quantitative estimate of drug-likeness (QED) is 0.197. The van der Waals surface area contributed by atoms with Gasteiger partial charge >= 0.3 is 23.6 Å². The third-order valence-corrected chi connectivity index (χ3v) is 5.59. The number of likely N-dealkylation sites (N-methyl/N-ethyl adjacent to an activating group) is 1. The van der Waals surface area contributed by atoms with E-state index in [2.05, 4.69) is 5.32 Å². The number of ketones is 1. The molecule has 4 N–H and O–H groups in total. The number of nitrogens with one attached hydrogen (secondary N) is 1. The molecule has 0 spiro atoms. The lowest BCUT2D eigenvalue weighted by Crippen LogP contribution is -2.61. The lowest BCUT2D eigenvalue weighted by Gasteiger charge is -2.31. The summed E-state index contributed by atoms with van der Waals surface area (Å²) in [7, 11) is 1.29. The van der Waals surface area contributed by atoms with Gasteiger partial charge in [0.25, 0.3) is 0 Å². The van der Waals surface area contributed by atoms with Gasteiger partial charge in [-0.3, -0.25) is 14.9 Å². The van der Waals surface area contributed by atoms with Gasteiger partial charge in [0.1, 0.15) is 0 Å². The largest absolute Gasteiger partial charge is 0.479 e. The monoisotopic (exact) mass is 466 g/mol. The topological polar surface area (TPSA) is 154 Å². The fraction of sp³-hybridized carbons (Fsp3) is 0.476. The lowest BCUT2D eigenvalue weighted by molar-refractivity contribution is -0.178. The highest BCUT2D eigenvalue weighted by Crippen LogP contribution is 2.32. The normalized spacial score (nSPS) is 19.8. The molecule has 1 aromatic carbocycles. The summed E-state index contributed by atoms with van der Waals surface area (Å²) in [4.78, 5) is 49.1. The maximum absolute atomic E-state index is 12.9. The van der Waals surface area contributed by atoms with Crippen LogP contribution < -0.4 is 20.5 Å². The van der Waals surface area contributed by atoms with Crippen molar-refractivity contribution in [2.45, 2.75) is 38.3 Å². The fourth-order valence-corrected chi connectivity index (χ4v) is 3.64. The van der Waals surface area contributed by atoms with E-state index < -0.39 is 41.9 Å². The Balaban J connectivity index is 2.18. The van der Waals surface area contributed by atoms with Gasteiger partial charge in [-0.15, -0.1) is 0 Å². The number of thiocarbonyl (C=S) groups is 1. The van der Waals surface area contributed by atoms with Gasteiger partial charge in [0.05, 0.1) is 10.9 Å². The van der Waals surface area contributed by atoms with E-state index >= 15 is 0 Å². The Bertz CT molecular complexity index is 898. The summed E-state index contributed by atoms with van der Waals surface area (Å²) in [6, 6.07) is 5.90. The zero-order chi connectivity index (χ0) is 23.9. The molecule has 1 saturated carbocycles. The third kappa shape index (κ3) is 6.01. The van der Waals surface area contributed by atoms with Crippen molar-refractivity contribution in [2.24, 2.45) is 17.6 Å². The minimum atomic E-state index is -2.34. The molecule has 1 atom stereocenters. The fourth-order valence-electron chi connectivity index (χ4n) is 3.40. The maximum atomic E-state index is 12.9. The molecule has 1 aliphatic carbocycles. The van der Waals surface area contributed by atoms with Gasteiger partial charge in [-0.2, -0.15) is 0 Å². The number of Topliss-reactive ketones (excluding diaryl/α,β-unsaturated/α-hetero) is 1. The standard InChI is InChI=1S/C21H26N2O8S/c1-12(24)21(23-2,31-16-6-4-3-5-15(16)29-11-17(25)26)20(28)30-19(27)14-9-7-13(8-10-14)18(22)32/h3-6,13-14,23H,7-11H2,1-2H3,(H2,22,32)(H,25,26)/t13-,14-,21?. The van der Waals surface area contributed by atoms with Crippen LogP contribution in [0.1, 0.15) is 32.6 Å². The van der Waals surface area contributed by atoms with Gasteiger partial charge in [-0.1, -0.05) is 24.4 Å². The van der Waals surface area contributed by atoms with E-state index in [0.717, 1.165) is 6.92 Å². The Hall–Kier alpha value is -3.05. The van der Waals surface area contributed by atoms with Crippen LogP contribution in [-0.2, 0) is 23.9 Å². The predicted molar refractivity (Wildman–Crippen MR) is 116 cm³/mol. The van der Waals surface area contributed by atoms with Crippen LogP contribution in [0.4, 0.5) is 0 Å². The number of nitrogens with two attached hydrogens (primary N) is 1. The first-order chi connectivity index (χ1) is 15.1. The lowest BCUT2D eigenvalue weighted by atomic mass is 9.82. The summed E-state index contributed by atoms with van der Waals surface area (Å²) in [5.41, 5.74) is 3.32. The molecule has 0 radical (unpaired) electrons. The van der Waals surface area contributed by atoms with Crippen molar-refractivity contribution in [2.75, 3.05) is 13.7 Å². The zero-order valence-corrected chi connectivity index (χ0v) is 18.6. The van der Waals surface area contributed by atoms with Crippen LogP contribution in [0, 0.1) is 11.8 Å². The van der Waals surface area contributed by atoms with Gasteiger partial charge in [0.2, 0.25) is 0 Å². The second-order valence-electron chi connectivity index (χ2n) is 7.38.